The molecule has 0 bridgehead atoms. The summed E-state index contributed by atoms with van der Waals surface area (Å²) in [5, 5.41) is 21.7. The standard InChI is InChI=1S/C39H62N6O6S/c1-11-25(4)33(43-38(50)39(7)18-15-19-44(39)8)36(48)45(9)32(24(2)3)22-30(40-27(6)46)35-42-31(23-52-35)34(47)41-29(20-26(5)37(49)51-10)21-28-16-13-12-14-17-28/h12-14,16-17,23-26,29-30,32-33,37,49H,11,15,18-22H2,1-10H3,(H,40,46)(H,41,47)(H,43,50)/t25-,26-,29+,30+,32+,33-,37?,39+/m0/s1. The minimum Gasteiger partial charge on any atom is -0.368 e. The van der Waals surface area contributed by atoms with Crippen LogP contribution in [0.4, 0.5) is 0 Å². The van der Waals surface area contributed by atoms with Crippen LogP contribution >= 0.6 is 11.3 Å². The first-order valence-corrected chi connectivity index (χ1v) is 19.5. The zero-order chi connectivity index (χ0) is 38.7. The zero-order valence-electron chi connectivity index (χ0n) is 32.8. The number of rotatable bonds is 19. The Hall–Kier alpha value is -3.39. The normalized spacial score (nSPS) is 20.3. The molecule has 4 amide bonds. The lowest BCUT2D eigenvalue weighted by molar-refractivity contribution is -0.142. The molecular formula is C39H62N6O6S. The monoisotopic (exact) mass is 742 g/mol. The Morgan fingerprint density at radius 1 is 1.06 bits per heavy atom. The summed E-state index contributed by atoms with van der Waals surface area (Å²) in [7, 11) is 5.16. The van der Waals surface area contributed by atoms with Crippen molar-refractivity contribution in [2.24, 2.45) is 17.8 Å². The molecule has 1 saturated heterocycles. The number of aromatic nitrogens is 1. The van der Waals surface area contributed by atoms with E-state index in [1.165, 1.54) is 25.4 Å². The fourth-order valence-corrected chi connectivity index (χ4v) is 7.90. The van der Waals surface area contributed by atoms with Crippen molar-refractivity contribution in [3.63, 3.8) is 0 Å². The summed E-state index contributed by atoms with van der Waals surface area (Å²) in [6, 6.07) is 7.93. The van der Waals surface area contributed by atoms with E-state index in [2.05, 4.69) is 20.9 Å². The number of benzene rings is 1. The highest BCUT2D eigenvalue weighted by molar-refractivity contribution is 7.09. The Kier molecular flexibility index (Phi) is 16.2. The van der Waals surface area contributed by atoms with Crippen molar-refractivity contribution in [3.8, 4) is 0 Å². The highest BCUT2D eigenvalue weighted by atomic mass is 32.1. The first-order chi connectivity index (χ1) is 24.5. The van der Waals surface area contributed by atoms with Gasteiger partial charge in [0.25, 0.3) is 5.91 Å². The van der Waals surface area contributed by atoms with Crippen LogP contribution < -0.4 is 16.0 Å². The van der Waals surface area contributed by atoms with Gasteiger partial charge in [-0.15, -0.1) is 11.3 Å². The second-order valence-electron chi connectivity index (χ2n) is 15.2. The molecule has 52 heavy (non-hydrogen) atoms. The van der Waals surface area contributed by atoms with E-state index in [0.29, 0.717) is 30.7 Å². The Morgan fingerprint density at radius 2 is 1.73 bits per heavy atom. The highest BCUT2D eigenvalue weighted by Crippen LogP contribution is 2.30. The van der Waals surface area contributed by atoms with Gasteiger partial charge in [0.05, 0.1) is 11.6 Å². The SMILES string of the molecule is CC[C@H](C)[C@H](NC(=O)[C@@]1(C)CCCN1C)C(=O)N(C)[C@H](C[C@@H](NC(C)=O)c1nc(C(=O)N[C@@H](Cc2ccccc2)C[C@H](C)C(O)OC)cs1)C(C)C. The molecule has 1 aliphatic rings. The Bertz CT molecular complexity index is 1470. The molecule has 1 aliphatic heterocycles. The Morgan fingerprint density at radius 3 is 2.29 bits per heavy atom. The maximum absolute atomic E-state index is 14.3. The molecule has 3 rings (SSSR count). The average molecular weight is 743 g/mol. The quantitative estimate of drug-likeness (QED) is 0.153. The number of carbonyl (C=O) groups excluding carboxylic acids is 4. The van der Waals surface area contributed by atoms with Gasteiger partial charge in [-0.3, -0.25) is 24.1 Å². The topological polar surface area (TPSA) is 153 Å². The molecule has 0 radical (unpaired) electrons. The summed E-state index contributed by atoms with van der Waals surface area (Å²) in [4.78, 5) is 62.4. The first-order valence-electron chi connectivity index (χ1n) is 18.6. The number of likely N-dealkylation sites (N-methyl/N-ethyl adjacent to an activating group) is 2. The van der Waals surface area contributed by atoms with E-state index in [1.807, 2.05) is 78.9 Å². The van der Waals surface area contributed by atoms with Crippen LogP contribution in [0.3, 0.4) is 0 Å². The number of methoxy groups -OCH3 is 1. The van der Waals surface area contributed by atoms with Crippen LogP contribution in [0, 0.1) is 17.8 Å². The fraction of sp³-hybridized carbons (Fsp3) is 0.667. The minimum atomic E-state index is -0.965. The highest BCUT2D eigenvalue weighted by Gasteiger charge is 2.44. The third-order valence-corrected chi connectivity index (χ3v) is 11.8. The van der Waals surface area contributed by atoms with Crippen molar-refractivity contribution < 1.29 is 29.0 Å². The number of hydrogen-bond donors (Lipinski definition) is 4. The largest absolute Gasteiger partial charge is 0.368 e. The van der Waals surface area contributed by atoms with Crippen LogP contribution in [0.15, 0.2) is 35.7 Å². The molecule has 8 atom stereocenters. The van der Waals surface area contributed by atoms with Crippen LogP contribution in [-0.2, 0) is 25.5 Å². The lowest BCUT2D eigenvalue weighted by Crippen LogP contribution is -2.60. The number of nitrogens with one attached hydrogen (secondary N) is 3. The molecule has 1 aromatic carbocycles. The van der Waals surface area contributed by atoms with Crippen molar-refractivity contribution in [1.82, 2.24) is 30.7 Å². The van der Waals surface area contributed by atoms with E-state index in [4.69, 9.17) is 9.72 Å². The van der Waals surface area contributed by atoms with Crippen LogP contribution in [0.25, 0.3) is 0 Å². The molecule has 0 aliphatic carbocycles. The number of aliphatic hydroxyl groups excluding tert-OH is 1. The molecule has 0 spiro atoms. The van der Waals surface area contributed by atoms with Gasteiger partial charge in [-0.05, 0) is 70.0 Å². The number of ether oxygens (including phenoxy) is 1. The first kappa shape index (κ1) is 43.0. The summed E-state index contributed by atoms with van der Waals surface area (Å²) in [5.74, 6) is -1.25. The van der Waals surface area contributed by atoms with E-state index in [-0.39, 0.29) is 59.2 Å². The van der Waals surface area contributed by atoms with Gasteiger partial charge in [0.15, 0.2) is 6.29 Å². The third kappa shape index (κ3) is 11.3. The number of nitrogens with zero attached hydrogens (tertiary/aromatic N) is 3. The van der Waals surface area contributed by atoms with Crippen molar-refractivity contribution in [3.05, 3.63) is 52.0 Å². The van der Waals surface area contributed by atoms with Gasteiger partial charge in [0.1, 0.15) is 16.7 Å². The third-order valence-electron chi connectivity index (χ3n) is 10.8. The lowest BCUT2D eigenvalue weighted by atomic mass is 9.91. The predicted molar refractivity (Wildman–Crippen MR) is 205 cm³/mol. The predicted octanol–water partition coefficient (Wildman–Crippen LogP) is 4.54. The molecule has 13 heteroatoms. The Balaban J connectivity index is 1.82. The second kappa shape index (κ2) is 19.6. The molecular weight excluding hydrogens is 681 g/mol. The van der Waals surface area contributed by atoms with Crippen molar-refractivity contribution in [1.29, 1.82) is 0 Å². The number of carbonyl (C=O) groups is 4. The molecule has 12 nitrogen and oxygen atoms in total. The molecule has 1 unspecified atom stereocenters. The van der Waals surface area contributed by atoms with Crippen molar-refractivity contribution in [2.75, 3.05) is 27.7 Å². The van der Waals surface area contributed by atoms with Gasteiger partial charge in [0, 0.05) is 44.5 Å². The van der Waals surface area contributed by atoms with Crippen LogP contribution in [0.2, 0.25) is 0 Å². The zero-order valence-corrected chi connectivity index (χ0v) is 33.6. The lowest BCUT2D eigenvalue weighted by Gasteiger charge is -2.38. The summed E-state index contributed by atoms with van der Waals surface area (Å²) >= 11 is 1.28. The molecule has 4 N–H and O–H groups in total. The molecule has 2 aromatic rings. The summed E-state index contributed by atoms with van der Waals surface area (Å²) in [6.07, 6.45) is 2.80. The smallest absolute Gasteiger partial charge is 0.270 e. The maximum atomic E-state index is 14.3. The Labute approximate surface area is 314 Å². The molecule has 1 aromatic heterocycles. The van der Waals surface area contributed by atoms with Crippen molar-refractivity contribution >= 4 is 35.0 Å². The van der Waals surface area contributed by atoms with Gasteiger partial charge >= 0.3 is 0 Å². The number of aliphatic hydroxyl groups is 1. The molecule has 1 fully saturated rings. The van der Waals surface area contributed by atoms with Crippen LogP contribution in [0.5, 0.6) is 0 Å². The van der Waals surface area contributed by atoms with E-state index in [9.17, 15) is 24.3 Å². The van der Waals surface area contributed by atoms with Crippen molar-refractivity contribution in [2.45, 2.75) is 123 Å². The van der Waals surface area contributed by atoms with Gasteiger partial charge < -0.3 is 30.7 Å². The van der Waals surface area contributed by atoms with Gasteiger partial charge in [-0.1, -0.05) is 71.4 Å². The second-order valence-corrected chi connectivity index (χ2v) is 16.0. The molecule has 290 valence electrons. The number of thiazole rings is 1. The van der Waals surface area contributed by atoms with E-state index in [1.54, 1.807) is 17.3 Å². The summed E-state index contributed by atoms with van der Waals surface area (Å²) in [6.45, 7) is 14.1. The number of hydrogen-bond acceptors (Lipinski definition) is 9. The van der Waals surface area contributed by atoms with Gasteiger partial charge in [-0.2, -0.15) is 0 Å². The summed E-state index contributed by atoms with van der Waals surface area (Å²) in [5.41, 5.74) is 0.604. The van der Waals surface area contributed by atoms with Crippen LogP contribution in [0.1, 0.15) is 108 Å². The van der Waals surface area contributed by atoms with Crippen LogP contribution in [-0.4, -0.2) is 101 Å². The minimum absolute atomic E-state index is 0.00268. The molecule has 0 saturated carbocycles. The van der Waals surface area contributed by atoms with Gasteiger partial charge in [-0.25, -0.2) is 4.98 Å². The summed E-state index contributed by atoms with van der Waals surface area (Å²) < 4.78 is 5.12. The number of amides is 4. The fourth-order valence-electron chi connectivity index (χ4n) is 7.03. The van der Waals surface area contributed by atoms with Gasteiger partial charge in [0.2, 0.25) is 17.7 Å². The van der Waals surface area contributed by atoms with E-state index in [0.717, 1.165) is 24.9 Å². The van der Waals surface area contributed by atoms with E-state index >= 15 is 0 Å². The number of likely N-dealkylation sites (tertiary alicyclic amines) is 1. The molecule has 2 heterocycles. The van der Waals surface area contributed by atoms with E-state index < -0.39 is 23.9 Å². The maximum Gasteiger partial charge on any atom is 0.270 e. The average Bonchev–Trinajstić information content (AvgIpc) is 3.74.